The summed E-state index contributed by atoms with van der Waals surface area (Å²) in [6.45, 7) is 0. The number of benzene rings is 1. The molecule has 0 unspecified atom stereocenters. The molecule has 2 atom stereocenters. The van der Waals surface area contributed by atoms with Crippen LogP contribution in [0, 0.1) is 17.8 Å². The van der Waals surface area contributed by atoms with Crippen molar-refractivity contribution in [2.24, 2.45) is 11.7 Å². The fourth-order valence-corrected chi connectivity index (χ4v) is 1.48. The summed E-state index contributed by atoms with van der Waals surface area (Å²) in [6, 6.07) is 7.96. The van der Waals surface area contributed by atoms with E-state index < -0.39 is 23.9 Å². The number of nitrogens with two attached hydrogens (primary N) is 1. The maximum atomic E-state index is 11.0. The zero-order valence-electron chi connectivity index (χ0n) is 10.2. The van der Waals surface area contributed by atoms with Crippen LogP contribution in [0.4, 0.5) is 0 Å². The van der Waals surface area contributed by atoms with Gasteiger partial charge in [0, 0.05) is 12.0 Å². The fraction of sp³-hybridized carbons (Fsp3) is 0.286. The summed E-state index contributed by atoms with van der Waals surface area (Å²) in [5.41, 5.74) is 6.11. The first-order chi connectivity index (χ1) is 9.00. The van der Waals surface area contributed by atoms with Gasteiger partial charge < -0.3 is 15.9 Å². The van der Waals surface area contributed by atoms with E-state index in [0.29, 0.717) is 0 Å². The highest BCUT2D eigenvalue weighted by atomic mass is 16.4. The number of carboxylic acid groups (broad SMARTS) is 2. The lowest BCUT2D eigenvalue weighted by Gasteiger charge is -2.11. The second kappa shape index (κ2) is 7.19. The van der Waals surface area contributed by atoms with E-state index in [1.807, 2.05) is 30.3 Å². The van der Waals surface area contributed by atoms with Gasteiger partial charge in [0.05, 0.1) is 5.92 Å². The van der Waals surface area contributed by atoms with E-state index in [-0.39, 0.29) is 12.8 Å². The van der Waals surface area contributed by atoms with E-state index >= 15 is 0 Å². The topological polar surface area (TPSA) is 101 Å². The summed E-state index contributed by atoms with van der Waals surface area (Å²) in [6.07, 6.45) is -0.0562. The van der Waals surface area contributed by atoms with Crippen LogP contribution in [-0.4, -0.2) is 28.2 Å². The van der Waals surface area contributed by atoms with Crippen LogP contribution in [0.15, 0.2) is 30.3 Å². The van der Waals surface area contributed by atoms with E-state index in [1.165, 1.54) is 0 Å². The standard InChI is InChI=1S/C14H15NO4/c15-12(14(18)19)9-11(13(16)17)8-4-7-10-5-2-1-3-6-10/h1-3,5-6,11-12H,8-9,15H2,(H,16,17)(H,18,19)/t11-,12-/m0/s1. The minimum Gasteiger partial charge on any atom is -0.481 e. The lowest BCUT2D eigenvalue weighted by Crippen LogP contribution is -2.34. The van der Waals surface area contributed by atoms with Crippen molar-refractivity contribution in [3.8, 4) is 11.8 Å². The molecule has 0 aromatic heterocycles. The van der Waals surface area contributed by atoms with Crippen LogP contribution in [0.1, 0.15) is 18.4 Å². The van der Waals surface area contributed by atoms with E-state index in [9.17, 15) is 9.59 Å². The lowest BCUT2D eigenvalue weighted by atomic mass is 9.97. The molecular weight excluding hydrogens is 246 g/mol. The number of aliphatic carboxylic acids is 2. The molecule has 1 rings (SSSR count). The maximum absolute atomic E-state index is 11.0. The molecule has 0 aliphatic heterocycles. The van der Waals surface area contributed by atoms with Crippen LogP contribution >= 0.6 is 0 Å². The van der Waals surface area contributed by atoms with Crippen molar-refractivity contribution in [3.05, 3.63) is 35.9 Å². The number of carboxylic acids is 2. The molecule has 0 fully saturated rings. The Kier molecular flexibility index (Phi) is 5.58. The van der Waals surface area contributed by atoms with Gasteiger partial charge in [-0.15, -0.1) is 0 Å². The Labute approximate surface area is 111 Å². The average Bonchev–Trinajstić information content (AvgIpc) is 2.38. The molecule has 0 saturated heterocycles. The molecule has 19 heavy (non-hydrogen) atoms. The van der Waals surface area contributed by atoms with Crippen molar-refractivity contribution in [2.45, 2.75) is 18.9 Å². The van der Waals surface area contributed by atoms with Crippen LogP contribution in [0.5, 0.6) is 0 Å². The van der Waals surface area contributed by atoms with Gasteiger partial charge in [-0.2, -0.15) is 0 Å². The Hall–Kier alpha value is -2.32. The summed E-state index contributed by atoms with van der Waals surface area (Å²) >= 11 is 0. The van der Waals surface area contributed by atoms with Crippen molar-refractivity contribution in [1.29, 1.82) is 0 Å². The van der Waals surface area contributed by atoms with E-state index in [0.717, 1.165) is 5.56 Å². The molecule has 0 radical (unpaired) electrons. The second-order valence-electron chi connectivity index (χ2n) is 4.09. The molecular formula is C14H15NO4. The van der Waals surface area contributed by atoms with Gasteiger partial charge >= 0.3 is 11.9 Å². The number of hydrogen-bond acceptors (Lipinski definition) is 3. The van der Waals surface area contributed by atoms with Gasteiger partial charge in [0.25, 0.3) is 0 Å². The van der Waals surface area contributed by atoms with E-state index in [1.54, 1.807) is 0 Å². The van der Waals surface area contributed by atoms with Gasteiger partial charge in [0.15, 0.2) is 0 Å². The third kappa shape index (κ3) is 5.23. The molecule has 0 spiro atoms. The molecule has 1 aromatic carbocycles. The van der Waals surface area contributed by atoms with Gasteiger partial charge in [-0.25, -0.2) is 0 Å². The summed E-state index contributed by atoms with van der Waals surface area (Å²) in [7, 11) is 0. The van der Waals surface area contributed by atoms with Gasteiger partial charge in [0.2, 0.25) is 0 Å². The summed E-state index contributed by atoms with van der Waals surface area (Å²) in [5, 5.41) is 17.6. The monoisotopic (exact) mass is 261 g/mol. The first-order valence-corrected chi connectivity index (χ1v) is 5.76. The van der Waals surface area contributed by atoms with Crippen LogP contribution < -0.4 is 5.73 Å². The van der Waals surface area contributed by atoms with Crippen LogP contribution in [0.25, 0.3) is 0 Å². The van der Waals surface area contributed by atoms with Crippen molar-refractivity contribution in [1.82, 2.24) is 0 Å². The van der Waals surface area contributed by atoms with E-state index in [2.05, 4.69) is 11.8 Å². The van der Waals surface area contributed by atoms with Gasteiger partial charge in [-0.1, -0.05) is 30.0 Å². The van der Waals surface area contributed by atoms with Crippen molar-refractivity contribution >= 4 is 11.9 Å². The molecule has 0 saturated carbocycles. The fourth-order valence-electron chi connectivity index (χ4n) is 1.48. The molecule has 5 heteroatoms. The second-order valence-corrected chi connectivity index (χ2v) is 4.09. The van der Waals surface area contributed by atoms with E-state index in [4.69, 9.17) is 15.9 Å². The predicted molar refractivity (Wildman–Crippen MR) is 69.3 cm³/mol. The first kappa shape index (κ1) is 14.7. The minimum absolute atomic E-state index is 0.0746. The number of carbonyl (C=O) groups is 2. The van der Waals surface area contributed by atoms with Crippen LogP contribution in [0.3, 0.4) is 0 Å². The third-order valence-corrected chi connectivity index (χ3v) is 2.56. The molecule has 0 heterocycles. The number of rotatable bonds is 5. The minimum atomic E-state index is -1.21. The Bertz CT molecular complexity index is 501. The van der Waals surface area contributed by atoms with Gasteiger partial charge in [-0.3, -0.25) is 9.59 Å². The normalized spacial score (nSPS) is 12.9. The molecule has 0 aliphatic carbocycles. The zero-order valence-corrected chi connectivity index (χ0v) is 10.2. The third-order valence-electron chi connectivity index (χ3n) is 2.56. The summed E-state index contributed by atoms with van der Waals surface area (Å²) in [5.74, 6) is 2.42. The molecule has 5 nitrogen and oxygen atoms in total. The predicted octanol–water partition coefficient (Wildman–Crippen LogP) is 0.931. The summed E-state index contributed by atoms with van der Waals surface area (Å²) < 4.78 is 0. The molecule has 0 aliphatic rings. The SMILES string of the molecule is N[C@@H](C[C@H](CC#Cc1ccccc1)C(=O)O)C(=O)O. The van der Waals surface area contributed by atoms with Gasteiger partial charge in [-0.05, 0) is 18.6 Å². The highest BCUT2D eigenvalue weighted by Gasteiger charge is 2.23. The zero-order chi connectivity index (χ0) is 14.3. The summed E-state index contributed by atoms with van der Waals surface area (Å²) in [4.78, 5) is 21.6. The maximum Gasteiger partial charge on any atom is 0.320 e. The Morgan fingerprint density at radius 1 is 1.16 bits per heavy atom. The lowest BCUT2D eigenvalue weighted by molar-refractivity contribution is -0.143. The number of hydrogen-bond donors (Lipinski definition) is 3. The Morgan fingerprint density at radius 2 is 1.79 bits per heavy atom. The highest BCUT2D eigenvalue weighted by Crippen LogP contribution is 2.11. The molecule has 100 valence electrons. The van der Waals surface area contributed by atoms with Crippen molar-refractivity contribution in [2.75, 3.05) is 0 Å². The quantitative estimate of drug-likeness (QED) is 0.684. The van der Waals surface area contributed by atoms with Gasteiger partial charge in [0.1, 0.15) is 6.04 Å². The van der Waals surface area contributed by atoms with Crippen LogP contribution in [-0.2, 0) is 9.59 Å². The first-order valence-electron chi connectivity index (χ1n) is 5.76. The van der Waals surface area contributed by atoms with Crippen molar-refractivity contribution in [3.63, 3.8) is 0 Å². The largest absolute Gasteiger partial charge is 0.481 e. The van der Waals surface area contributed by atoms with Crippen molar-refractivity contribution < 1.29 is 19.8 Å². The Balaban J connectivity index is 2.63. The smallest absolute Gasteiger partial charge is 0.320 e. The molecule has 1 aromatic rings. The average molecular weight is 261 g/mol. The highest BCUT2D eigenvalue weighted by molar-refractivity contribution is 5.76. The molecule has 4 N–H and O–H groups in total. The molecule has 0 bridgehead atoms. The van der Waals surface area contributed by atoms with Crippen LogP contribution in [0.2, 0.25) is 0 Å². The molecule has 0 amide bonds. The Morgan fingerprint density at radius 3 is 2.32 bits per heavy atom.